The van der Waals surface area contributed by atoms with Gasteiger partial charge in [0.1, 0.15) is 6.54 Å². The first-order valence-electron chi connectivity index (χ1n) is 10.4. The maximum atomic E-state index is 13.4. The molecule has 7 nitrogen and oxygen atoms in total. The number of hydrogen-bond donors (Lipinski definition) is 1. The Morgan fingerprint density at radius 3 is 2.78 bits per heavy atom. The standard InChI is InChI=1S/C22H24F3N5O2/c1-15-8-27-30(9-15)12-20(32)29-11-17-10-28(5-4-21(17,13-29)14-31)18-3-2-16(7-26)19(6-18)22(23,24)25/h2-3,6,8-9,17,31H,4-5,10-14H2,1H3/t17-,21+/m1/s1. The molecular weight excluding hydrogens is 423 g/mol. The number of aromatic nitrogens is 2. The summed E-state index contributed by atoms with van der Waals surface area (Å²) in [5.74, 6) is -0.172. The third-order valence-corrected chi connectivity index (χ3v) is 6.65. The molecule has 0 saturated carbocycles. The second-order valence-electron chi connectivity index (χ2n) is 8.74. The van der Waals surface area contributed by atoms with E-state index >= 15 is 0 Å². The number of carbonyl (C=O) groups excluding carboxylic acids is 1. The van der Waals surface area contributed by atoms with E-state index in [1.807, 2.05) is 11.8 Å². The maximum Gasteiger partial charge on any atom is 0.417 e. The van der Waals surface area contributed by atoms with Crippen molar-refractivity contribution < 1.29 is 23.1 Å². The summed E-state index contributed by atoms with van der Waals surface area (Å²) in [6.07, 6.45) is -0.599. The summed E-state index contributed by atoms with van der Waals surface area (Å²) in [4.78, 5) is 16.4. The van der Waals surface area contributed by atoms with Crippen molar-refractivity contribution in [3.63, 3.8) is 0 Å². The van der Waals surface area contributed by atoms with Crippen molar-refractivity contribution in [2.24, 2.45) is 11.3 Å². The molecule has 3 heterocycles. The highest BCUT2D eigenvalue weighted by Gasteiger charge is 2.50. The fourth-order valence-corrected chi connectivity index (χ4v) is 4.82. The summed E-state index contributed by atoms with van der Waals surface area (Å²) in [7, 11) is 0. The van der Waals surface area contributed by atoms with Gasteiger partial charge in [-0.2, -0.15) is 23.5 Å². The van der Waals surface area contributed by atoms with Crippen LogP contribution in [0.4, 0.5) is 18.9 Å². The number of carbonyl (C=O) groups is 1. The monoisotopic (exact) mass is 447 g/mol. The Morgan fingerprint density at radius 2 is 2.16 bits per heavy atom. The van der Waals surface area contributed by atoms with Crippen molar-refractivity contribution in [2.75, 3.05) is 37.7 Å². The van der Waals surface area contributed by atoms with Crippen LogP contribution in [-0.2, 0) is 17.5 Å². The first kappa shape index (κ1) is 22.1. The molecule has 0 unspecified atom stereocenters. The third-order valence-electron chi connectivity index (χ3n) is 6.65. The molecule has 2 fully saturated rings. The van der Waals surface area contributed by atoms with Crippen LogP contribution in [0.1, 0.15) is 23.1 Å². The summed E-state index contributed by atoms with van der Waals surface area (Å²) in [5, 5.41) is 23.3. The highest BCUT2D eigenvalue weighted by Crippen LogP contribution is 2.44. The lowest BCUT2D eigenvalue weighted by molar-refractivity contribution is -0.137. The van der Waals surface area contributed by atoms with Gasteiger partial charge in [-0.3, -0.25) is 9.48 Å². The molecular formula is C22H24F3N5O2. The first-order chi connectivity index (χ1) is 15.1. The van der Waals surface area contributed by atoms with Crippen LogP contribution >= 0.6 is 0 Å². The largest absolute Gasteiger partial charge is 0.417 e. The van der Waals surface area contributed by atoms with Crippen LogP contribution in [0.5, 0.6) is 0 Å². The number of halogens is 3. The molecule has 1 aromatic carbocycles. The van der Waals surface area contributed by atoms with Crippen molar-refractivity contribution >= 4 is 11.6 Å². The number of alkyl halides is 3. The Hall–Kier alpha value is -3.06. The van der Waals surface area contributed by atoms with E-state index in [2.05, 4.69) is 5.10 Å². The Balaban J connectivity index is 1.51. The SMILES string of the molecule is Cc1cnn(CC(=O)N2C[C@H]3CN(c4ccc(C#N)c(C(F)(F)F)c4)CC[C@@]3(CO)C2)c1. The molecule has 0 radical (unpaired) electrons. The van der Waals surface area contributed by atoms with Gasteiger partial charge in [0.2, 0.25) is 5.91 Å². The smallest absolute Gasteiger partial charge is 0.396 e. The lowest BCUT2D eigenvalue weighted by Crippen LogP contribution is -2.49. The number of benzene rings is 1. The van der Waals surface area contributed by atoms with E-state index in [9.17, 15) is 23.1 Å². The molecule has 32 heavy (non-hydrogen) atoms. The van der Waals surface area contributed by atoms with Gasteiger partial charge in [0.05, 0.1) is 30.0 Å². The third kappa shape index (κ3) is 4.05. The number of likely N-dealkylation sites (tertiary alicyclic amines) is 1. The zero-order valence-corrected chi connectivity index (χ0v) is 17.6. The molecule has 2 aliphatic rings. The minimum absolute atomic E-state index is 0.0745. The Labute approximate surface area is 183 Å². The van der Waals surface area contributed by atoms with Crippen molar-refractivity contribution in [3.8, 4) is 6.07 Å². The number of rotatable bonds is 4. The van der Waals surface area contributed by atoms with Crippen LogP contribution in [-0.4, -0.2) is 58.5 Å². The van der Waals surface area contributed by atoms with Gasteiger partial charge >= 0.3 is 6.18 Å². The van der Waals surface area contributed by atoms with Crippen LogP contribution in [0.15, 0.2) is 30.6 Å². The fraction of sp³-hybridized carbons (Fsp3) is 0.500. The number of aliphatic hydroxyl groups is 1. The molecule has 0 spiro atoms. The van der Waals surface area contributed by atoms with Crippen molar-refractivity contribution in [2.45, 2.75) is 26.1 Å². The van der Waals surface area contributed by atoms with Crippen LogP contribution in [0.2, 0.25) is 0 Å². The highest BCUT2D eigenvalue weighted by atomic mass is 19.4. The van der Waals surface area contributed by atoms with E-state index in [0.29, 0.717) is 38.3 Å². The van der Waals surface area contributed by atoms with Gasteiger partial charge in [-0.25, -0.2) is 0 Å². The number of nitriles is 1. The van der Waals surface area contributed by atoms with Gasteiger partial charge in [-0.05, 0) is 37.1 Å². The highest BCUT2D eigenvalue weighted by molar-refractivity contribution is 5.76. The zero-order valence-electron chi connectivity index (χ0n) is 17.6. The zero-order chi connectivity index (χ0) is 23.1. The summed E-state index contributed by atoms with van der Waals surface area (Å²) >= 11 is 0. The number of nitrogens with zero attached hydrogens (tertiary/aromatic N) is 5. The lowest BCUT2D eigenvalue weighted by Gasteiger charge is -2.43. The van der Waals surface area contributed by atoms with Crippen LogP contribution in [0, 0.1) is 29.6 Å². The molecule has 2 aromatic rings. The summed E-state index contributed by atoms with van der Waals surface area (Å²) in [5.41, 5.74) is -0.481. The number of aliphatic hydroxyl groups excluding tert-OH is 1. The van der Waals surface area contributed by atoms with Gasteiger partial charge < -0.3 is 14.9 Å². The van der Waals surface area contributed by atoms with Gasteiger partial charge in [0.25, 0.3) is 0 Å². The van der Waals surface area contributed by atoms with Crippen LogP contribution in [0.25, 0.3) is 0 Å². The van der Waals surface area contributed by atoms with Crippen LogP contribution in [0.3, 0.4) is 0 Å². The predicted octanol–water partition coefficient (Wildman–Crippen LogP) is 2.43. The summed E-state index contributed by atoms with van der Waals surface area (Å²) in [6.45, 7) is 3.64. The topological polar surface area (TPSA) is 85.4 Å². The molecule has 1 N–H and O–H groups in total. The van der Waals surface area contributed by atoms with E-state index < -0.39 is 22.7 Å². The molecule has 1 aromatic heterocycles. The molecule has 1 amide bonds. The quantitative estimate of drug-likeness (QED) is 0.778. The van der Waals surface area contributed by atoms with E-state index in [1.54, 1.807) is 28.0 Å². The Kier molecular flexibility index (Phi) is 5.63. The minimum atomic E-state index is -4.62. The van der Waals surface area contributed by atoms with Crippen molar-refractivity contribution in [1.29, 1.82) is 5.26 Å². The molecule has 2 saturated heterocycles. The van der Waals surface area contributed by atoms with E-state index in [4.69, 9.17) is 5.26 Å². The molecule has 2 atom stereocenters. The second kappa shape index (κ2) is 8.13. The van der Waals surface area contributed by atoms with Gasteiger partial charge in [0, 0.05) is 49.4 Å². The van der Waals surface area contributed by atoms with Gasteiger partial charge in [0.15, 0.2) is 0 Å². The van der Waals surface area contributed by atoms with E-state index in [0.717, 1.165) is 11.6 Å². The number of amides is 1. The Morgan fingerprint density at radius 1 is 1.38 bits per heavy atom. The van der Waals surface area contributed by atoms with E-state index in [1.165, 1.54) is 12.1 Å². The number of fused-ring (bicyclic) bond motifs is 1. The molecule has 0 aliphatic carbocycles. The maximum absolute atomic E-state index is 13.4. The fourth-order valence-electron chi connectivity index (χ4n) is 4.82. The predicted molar refractivity (Wildman–Crippen MR) is 110 cm³/mol. The van der Waals surface area contributed by atoms with Crippen molar-refractivity contribution in [3.05, 3.63) is 47.3 Å². The van der Waals surface area contributed by atoms with E-state index in [-0.39, 0.29) is 25.0 Å². The summed E-state index contributed by atoms with van der Waals surface area (Å²) < 4.78 is 41.7. The molecule has 0 bridgehead atoms. The second-order valence-corrected chi connectivity index (χ2v) is 8.74. The minimum Gasteiger partial charge on any atom is -0.396 e. The number of hydrogen-bond acceptors (Lipinski definition) is 5. The van der Waals surface area contributed by atoms with Gasteiger partial charge in [-0.15, -0.1) is 0 Å². The molecule has 4 rings (SSSR count). The first-order valence-corrected chi connectivity index (χ1v) is 10.4. The molecule has 2 aliphatic heterocycles. The molecule has 10 heteroatoms. The average Bonchev–Trinajstić information content (AvgIpc) is 3.35. The molecule has 170 valence electrons. The van der Waals surface area contributed by atoms with Crippen molar-refractivity contribution in [1.82, 2.24) is 14.7 Å². The number of piperidine rings is 1. The van der Waals surface area contributed by atoms with Crippen LogP contribution < -0.4 is 4.90 Å². The number of anilines is 1. The number of aryl methyl sites for hydroxylation is 1. The normalized spacial score (nSPS) is 23.2. The average molecular weight is 447 g/mol. The Bertz CT molecular complexity index is 1060. The summed E-state index contributed by atoms with van der Waals surface area (Å²) in [6, 6.07) is 5.34. The lowest BCUT2D eigenvalue weighted by atomic mass is 9.73. The van der Waals surface area contributed by atoms with Gasteiger partial charge in [-0.1, -0.05) is 0 Å².